The molecule has 2 nitrogen and oxygen atoms in total. The Morgan fingerprint density at radius 3 is 2.87 bits per heavy atom. The zero-order valence-corrected chi connectivity index (χ0v) is 10.2. The minimum absolute atomic E-state index is 0.621. The minimum atomic E-state index is -1.59. The monoisotopic (exact) mass is 226 g/mol. The van der Waals surface area contributed by atoms with Gasteiger partial charge in [-0.1, -0.05) is 44.4 Å². The third-order valence-electron chi connectivity index (χ3n) is 2.30. The molecule has 1 unspecified atom stereocenters. The maximum atomic E-state index is 11.6. The molecule has 1 aliphatic rings. The van der Waals surface area contributed by atoms with E-state index in [9.17, 15) is 4.89 Å². The molecule has 1 aliphatic carbocycles. The van der Waals surface area contributed by atoms with Crippen molar-refractivity contribution in [3.63, 3.8) is 0 Å². The third kappa shape index (κ3) is 5.27. The molecular formula is C12H19O2P. The minimum Gasteiger partial charge on any atom is -0.603 e. The van der Waals surface area contributed by atoms with Crippen LogP contribution in [0.1, 0.15) is 39.0 Å². The lowest BCUT2D eigenvalue weighted by molar-refractivity contribution is -0.172. The summed E-state index contributed by atoms with van der Waals surface area (Å²) in [7, 11) is -1.59. The zero-order chi connectivity index (χ0) is 10.9. The van der Waals surface area contributed by atoms with E-state index in [1.807, 2.05) is 24.3 Å². The van der Waals surface area contributed by atoms with Gasteiger partial charge in [-0.25, -0.2) is 0 Å². The van der Waals surface area contributed by atoms with Crippen LogP contribution in [-0.2, 0) is 4.52 Å². The molecule has 0 saturated carbocycles. The van der Waals surface area contributed by atoms with Crippen molar-refractivity contribution in [1.29, 1.82) is 0 Å². The highest BCUT2D eigenvalue weighted by molar-refractivity contribution is 7.47. The topological polar surface area (TPSA) is 32.3 Å². The fourth-order valence-corrected chi connectivity index (χ4v) is 2.32. The van der Waals surface area contributed by atoms with Gasteiger partial charge in [-0.05, 0) is 12.5 Å². The normalized spacial score (nSPS) is 18.3. The summed E-state index contributed by atoms with van der Waals surface area (Å²) in [6, 6.07) is 0. The van der Waals surface area contributed by atoms with Crippen LogP contribution in [0, 0.1) is 0 Å². The quantitative estimate of drug-likeness (QED) is 0.515. The molecule has 0 saturated heterocycles. The van der Waals surface area contributed by atoms with Crippen molar-refractivity contribution >= 4 is 13.3 Å². The summed E-state index contributed by atoms with van der Waals surface area (Å²) in [5.41, 5.74) is 0. The van der Waals surface area contributed by atoms with E-state index < -0.39 is 8.00 Å². The molecule has 0 bridgehead atoms. The molecule has 15 heavy (non-hydrogen) atoms. The van der Waals surface area contributed by atoms with Gasteiger partial charge >= 0.3 is 0 Å². The van der Waals surface area contributed by atoms with Crippen molar-refractivity contribution in [2.45, 2.75) is 39.0 Å². The molecule has 84 valence electrons. The van der Waals surface area contributed by atoms with E-state index in [4.69, 9.17) is 4.52 Å². The molecule has 0 aliphatic heterocycles. The number of hydrogen-bond donors (Lipinski definition) is 0. The van der Waals surface area contributed by atoms with Crippen LogP contribution in [0.25, 0.3) is 0 Å². The highest BCUT2D eigenvalue weighted by Gasteiger charge is 2.08. The average Bonchev–Trinajstić information content (AvgIpc) is 2.30. The summed E-state index contributed by atoms with van der Waals surface area (Å²) in [6.07, 6.45) is 13.2. The summed E-state index contributed by atoms with van der Waals surface area (Å²) in [5.74, 6) is 0. The highest BCUT2D eigenvalue weighted by Crippen LogP contribution is 2.21. The summed E-state index contributed by atoms with van der Waals surface area (Å²) in [5, 5.41) is 0.906. The first-order valence-electron chi connectivity index (χ1n) is 5.64. The Labute approximate surface area is 93.2 Å². The van der Waals surface area contributed by atoms with Crippen molar-refractivity contribution in [3.8, 4) is 0 Å². The van der Waals surface area contributed by atoms with Gasteiger partial charge in [0.2, 0.25) is 8.00 Å². The maximum absolute atomic E-state index is 11.6. The Hall–Kier alpha value is -0.430. The van der Waals surface area contributed by atoms with Crippen molar-refractivity contribution in [2.24, 2.45) is 0 Å². The predicted octanol–water partition coefficient (Wildman–Crippen LogP) is 2.94. The second-order valence-corrected chi connectivity index (χ2v) is 4.98. The van der Waals surface area contributed by atoms with Gasteiger partial charge in [-0.15, -0.1) is 0 Å². The molecule has 0 aromatic heterocycles. The number of unbranched alkanes of at least 4 members (excludes halogenated alkanes) is 3. The molecule has 0 spiro atoms. The summed E-state index contributed by atoms with van der Waals surface area (Å²) >= 11 is 0. The molecule has 0 N–H and O–H groups in total. The molecule has 0 fully saturated rings. The van der Waals surface area contributed by atoms with Crippen LogP contribution in [-0.4, -0.2) is 11.9 Å². The Kier molecular flexibility index (Phi) is 6.58. The van der Waals surface area contributed by atoms with Crippen molar-refractivity contribution in [2.75, 3.05) is 6.61 Å². The van der Waals surface area contributed by atoms with Gasteiger partial charge in [-0.2, -0.15) is 4.52 Å². The van der Waals surface area contributed by atoms with E-state index in [0.29, 0.717) is 6.61 Å². The standard InChI is InChI=1S/C12H19O2P/c1-2-3-4-8-11-14-15(13)12-9-6-5-7-10-12/h5-7,9H,2-4,8,10-11H2,1H3. The molecule has 0 radical (unpaired) electrons. The molecule has 0 heterocycles. The van der Waals surface area contributed by atoms with Crippen LogP contribution < -0.4 is 4.89 Å². The van der Waals surface area contributed by atoms with Gasteiger partial charge in [0.1, 0.15) is 0 Å². The van der Waals surface area contributed by atoms with Crippen LogP contribution in [0.5, 0.6) is 0 Å². The molecule has 0 amide bonds. The van der Waals surface area contributed by atoms with Crippen molar-refractivity contribution < 1.29 is 9.42 Å². The SMILES string of the molecule is CCCCCCO/[P+]([O-])=C1/C=CC=CC1. The predicted molar refractivity (Wildman–Crippen MR) is 64.9 cm³/mol. The summed E-state index contributed by atoms with van der Waals surface area (Å²) < 4.78 is 5.32. The van der Waals surface area contributed by atoms with Crippen molar-refractivity contribution in [3.05, 3.63) is 24.3 Å². The second-order valence-electron chi connectivity index (χ2n) is 3.63. The lowest BCUT2D eigenvalue weighted by Crippen LogP contribution is -2.04. The van der Waals surface area contributed by atoms with Gasteiger partial charge in [0, 0.05) is 6.42 Å². The van der Waals surface area contributed by atoms with E-state index in [1.54, 1.807) is 0 Å². The van der Waals surface area contributed by atoms with Crippen LogP contribution in [0.15, 0.2) is 24.3 Å². The van der Waals surface area contributed by atoms with Gasteiger partial charge in [-0.3, -0.25) is 0 Å². The third-order valence-corrected chi connectivity index (χ3v) is 3.52. The first-order valence-corrected chi connectivity index (χ1v) is 6.81. The fourth-order valence-electron chi connectivity index (χ4n) is 1.40. The Morgan fingerprint density at radius 1 is 1.33 bits per heavy atom. The molecule has 0 aromatic rings. The van der Waals surface area contributed by atoms with Crippen molar-refractivity contribution in [1.82, 2.24) is 0 Å². The van der Waals surface area contributed by atoms with Gasteiger partial charge in [0.05, 0.1) is 6.61 Å². The molecule has 1 atom stereocenters. The summed E-state index contributed by atoms with van der Waals surface area (Å²) in [4.78, 5) is 11.6. The van der Waals surface area contributed by atoms with Gasteiger partial charge in [0.25, 0.3) is 0 Å². The van der Waals surface area contributed by atoms with Crippen LogP contribution in [0.3, 0.4) is 0 Å². The lowest BCUT2D eigenvalue weighted by Gasteiger charge is -2.03. The molecule has 3 heteroatoms. The first-order chi connectivity index (χ1) is 7.34. The number of allylic oxidation sites excluding steroid dienone is 4. The Morgan fingerprint density at radius 2 is 2.20 bits per heavy atom. The van der Waals surface area contributed by atoms with E-state index in [1.165, 1.54) is 19.3 Å². The maximum Gasteiger partial charge on any atom is 0.224 e. The molecular weight excluding hydrogens is 207 g/mol. The van der Waals surface area contributed by atoms with E-state index in [-0.39, 0.29) is 0 Å². The second kappa shape index (κ2) is 7.81. The van der Waals surface area contributed by atoms with E-state index in [0.717, 1.165) is 18.1 Å². The zero-order valence-electron chi connectivity index (χ0n) is 9.32. The van der Waals surface area contributed by atoms with Gasteiger partial charge < -0.3 is 4.89 Å². The first kappa shape index (κ1) is 12.6. The summed E-state index contributed by atoms with van der Waals surface area (Å²) in [6.45, 7) is 2.80. The fraction of sp³-hybridized carbons (Fsp3) is 0.583. The van der Waals surface area contributed by atoms with Gasteiger partial charge in [0.15, 0.2) is 5.29 Å². The number of hydrogen-bond acceptors (Lipinski definition) is 2. The Bertz CT molecular complexity index is 267. The molecule has 1 rings (SSSR count). The van der Waals surface area contributed by atoms with E-state index in [2.05, 4.69) is 6.92 Å². The lowest BCUT2D eigenvalue weighted by atomic mass is 10.2. The Balaban J connectivity index is 2.20. The average molecular weight is 226 g/mol. The highest BCUT2D eigenvalue weighted by atomic mass is 31.1. The smallest absolute Gasteiger partial charge is 0.224 e. The van der Waals surface area contributed by atoms with E-state index >= 15 is 0 Å². The number of rotatable bonds is 6. The largest absolute Gasteiger partial charge is 0.603 e. The van der Waals surface area contributed by atoms with Crippen LogP contribution in [0.2, 0.25) is 0 Å². The van der Waals surface area contributed by atoms with Crippen LogP contribution >= 0.6 is 8.00 Å². The van der Waals surface area contributed by atoms with Crippen LogP contribution in [0.4, 0.5) is 0 Å². The molecule has 0 aromatic carbocycles.